The molecule has 5 heteroatoms. The highest BCUT2D eigenvalue weighted by Gasteiger charge is 2.20. The van der Waals surface area contributed by atoms with E-state index in [2.05, 4.69) is 22.2 Å². The van der Waals surface area contributed by atoms with Crippen LogP contribution in [0.2, 0.25) is 0 Å². The zero-order valence-electron chi connectivity index (χ0n) is 10.8. The van der Waals surface area contributed by atoms with Crippen LogP contribution in [0.25, 0.3) is 0 Å². The molecule has 0 bridgehead atoms. The maximum absolute atomic E-state index is 12.2. The van der Waals surface area contributed by atoms with E-state index in [-0.39, 0.29) is 0 Å². The lowest BCUT2D eigenvalue weighted by Crippen LogP contribution is -2.48. The first-order valence-electron chi connectivity index (χ1n) is 6.65. The Morgan fingerprint density at radius 3 is 2.59 bits per heavy atom. The second kappa shape index (κ2) is 6.33. The smallest absolute Gasteiger partial charge is 0.236 e. The van der Waals surface area contributed by atoms with Gasteiger partial charge >= 0.3 is 0 Å². The van der Waals surface area contributed by atoms with Crippen LogP contribution in [0, 0.1) is 0 Å². The summed E-state index contributed by atoms with van der Waals surface area (Å²) < 4.78 is 0. The van der Waals surface area contributed by atoms with Crippen LogP contribution >= 0.6 is 0 Å². The number of piperazine rings is 1. The van der Waals surface area contributed by atoms with Gasteiger partial charge in [-0.15, -0.1) is 0 Å². The van der Waals surface area contributed by atoms with E-state index in [1.807, 2.05) is 4.90 Å². The van der Waals surface area contributed by atoms with Crippen molar-refractivity contribution in [3.05, 3.63) is 0 Å². The molecule has 2 aliphatic heterocycles. The number of hydrogen-bond acceptors (Lipinski definition) is 4. The summed E-state index contributed by atoms with van der Waals surface area (Å²) >= 11 is 0. The molecule has 2 fully saturated rings. The number of nitrogens with one attached hydrogen (secondary N) is 1. The van der Waals surface area contributed by atoms with E-state index in [1.165, 1.54) is 0 Å². The van der Waals surface area contributed by atoms with E-state index < -0.39 is 0 Å². The Morgan fingerprint density at radius 1 is 1.06 bits per heavy atom. The van der Waals surface area contributed by atoms with Gasteiger partial charge in [0.25, 0.3) is 0 Å². The molecule has 0 atom stereocenters. The number of amides is 1. The van der Waals surface area contributed by atoms with Crippen molar-refractivity contribution in [2.45, 2.75) is 6.42 Å². The van der Waals surface area contributed by atoms with E-state index >= 15 is 0 Å². The molecule has 98 valence electrons. The van der Waals surface area contributed by atoms with Gasteiger partial charge in [0.2, 0.25) is 5.91 Å². The van der Waals surface area contributed by atoms with E-state index in [0.29, 0.717) is 12.5 Å². The highest BCUT2D eigenvalue weighted by molar-refractivity contribution is 5.78. The Morgan fingerprint density at radius 2 is 1.82 bits per heavy atom. The molecular formula is C12H24N4O. The first kappa shape index (κ1) is 12.8. The minimum atomic E-state index is 0.308. The molecule has 2 saturated heterocycles. The summed E-state index contributed by atoms with van der Waals surface area (Å²) in [6, 6.07) is 0. The van der Waals surface area contributed by atoms with Crippen molar-refractivity contribution < 1.29 is 4.79 Å². The number of carbonyl (C=O) groups is 1. The van der Waals surface area contributed by atoms with Gasteiger partial charge in [-0.05, 0) is 20.0 Å². The average molecular weight is 240 g/mol. The van der Waals surface area contributed by atoms with Gasteiger partial charge in [0.05, 0.1) is 6.54 Å². The molecule has 0 unspecified atom stereocenters. The lowest BCUT2D eigenvalue weighted by Gasteiger charge is -2.29. The third-order valence-electron chi connectivity index (χ3n) is 3.64. The van der Waals surface area contributed by atoms with Crippen LogP contribution in [0.4, 0.5) is 0 Å². The van der Waals surface area contributed by atoms with Crippen molar-refractivity contribution in [3.63, 3.8) is 0 Å². The van der Waals surface area contributed by atoms with Crippen LogP contribution < -0.4 is 5.32 Å². The summed E-state index contributed by atoms with van der Waals surface area (Å²) in [5.41, 5.74) is 0. The highest BCUT2D eigenvalue weighted by Crippen LogP contribution is 2.03. The number of hydrogen-bond donors (Lipinski definition) is 1. The van der Waals surface area contributed by atoms with Gasteiger partial charge in [-0.2, -0.15) is 0 Å². The zero-order chi connectivity index (χ0) is 12.1. The first-order chi connectivity index (χ1) is 8.25. The van der Waals surface area contributed by atoms with Gasteiger partial charge in [-0.1, -0.05) is 0 Å². The Balaban J connectivity index is 1.77. The van der Waals surface area contributed by atoms with Gasteiger partial charge in [0, 0.05) is 45.8 Å². The van der Waals surface area contributed by atoms with E-state index in [1.54, 1.807) is 0 Å². The van der Waals surface area contributed by atoms with Crippen LogP contribution in [0.3, 0.4) is 0 Å². The van der Waals surface area contributed by atoms with Gasteiger partial charge in [0.1, 0.15) is 0 Å². The van der Waals surface area contributed by atoms with Gasteiger partial charge in [-0.25, -0.2) is 0 Å². The third-order valence-corrected chi connectivity index (χ3v) is 3.64. The molecule has 2 rings (SSSR count). The Hall–Kier alpha value is -0.650. The molecule has 2 aliphatic rings. The Labute approximate surface area is 104 Å². The van der Waals surface area contributed by atoms with Crippen molar-refractivity contribution in [1.82, 2.24) is 20.0 Å². The van der Waals surface area contributed by atoms with Crippen molar-refractivity contribution in [1.29, 1.82) is 0 Å². The molecule has 0 aromatic carbocycles. The molecular weight excluding hydrogens is 216 g/mol. The molecule has 1 amide bonds. The number of likely N-dealkylation sites (N-methyl/N-ethyl adjacent to an activating group) is 1. The van der Waals surface area contributed by atoms with Crippen LogP contribution in [0.15, 0.2) is 0 Å². The summed E-state index contributed by atoms with van der Waals surface area (Å²) in [5.74, 6) is 0.308. The van der Waals surface area contributed by atoms with E-state index in [9.17, 15) is 4.79 Å². The molecule has 1 N–H and O–H groups in total. The molecule has 0 saturated carbocycles. The van der Waals surface area contributed by atoms with Gasteiger partial charge in [0.15, 0.2) is 0 Å². The zero-order valence-corrected chi connectivity index (χ0v) is 10.8. The predicted octanol–water partition coefficient (Wildman–Crippen LogP) is -0.944. The molecule has 0 aliphatic carbocycles. The normalized spacial score (nSPS) is 24.6. The number of carbonyl (C=O) groups excluding carboxylic acids is 1. The highest BCUT2D eigenvalue weighted by atomic mass is 16.2. The van der Waals surface area contributed by atoms with Crippen molar-refractivity contribution >= 4 is 5.91 Å². The second-order valence-electron chi connectivity index (χ2n) is 5.06. The molecule has 0 radical (unpaired) electrons. The summed E-state index contributed by atoms with van der Waals surface area (Å²) in [7, 11) is 2.13. The summed E-state index contributed by atoms with van der Waals surface area (Å²) in [6.45, 7) is 8.55. The van der Waals surface area contributed by atoms with Gasteiger partial charge in [-0.3, -0.25) is 9.69 Å². The largest absolute Gasteiger partial charge is 0.340 e. The Kier molecular flexibility index (Phi) is 4.76. The first-order valence-corrected chi connectivity index (χ1v) is 6.65. The fourth-order valence-electron chi connectivity index (χ4n) is 2.46. The van der Waals surface area contributed by atoms with Crippen LogP contribution in [0.5, 0.6) is 0 Å². The molecule has 0 aromatic rings. The van der Waals surface area contributed by atoms with Crippen LogP contribution in [-0.4, -0.2) is 86.6 Å². The van der Waals surface area contributed by atoms with Crippen molar-refractivity contribution in [3.8, 4) is 0 Å². The van der Waals surface area contributed by atoms with Crippen LogP contribution in [0.1, 0.15) is 6.42 Å². The monoisotopic (exact) mass is 240 g/mol. The summed E-state index contributed by atoms with van der Waals surface area (Å²) in [4.78, 5) is 18.8. The lowest BCUT2D eigenvalue weighted by atomic mass is 10.3. The Bertz CT molecular complexity index is 253. The van der Waals surface area contributed by atoms with Crippen molar-refractivity contribution in [2.75, 3.05) is 66.0 Å². The summed E-state index contributed by atoms with van der Waals surface area (Å²) in [5, 5.41) is 3.31. The van der Waals surface area contributed by atoms with Gasteiger partial charge < -0.3 is 15.1 Å². The molecule has 0 aromatic heterocycles. The standard InChI is InChI=1S/C12H24N4O/c1-14-5-2-6-16(10-9-14)12(17)11-15-7-3-13-4-8-15/h13H,2-11H2,1H3. The fraction of sp³-hybridized carbons (Fsp3) is 0.917. The predicted molar refractivity (Wildman–Crippen MR) is 68.0 cm³/mol. The quantitative estimate of drug-likeness (QED) is 0.676. The lowest BCUT2D eigenvalue weighted by molar-refractivity contribution is -0.132. The number of nitrogens with zero attached hydrogens (tertiary/aromatic N) is 3. The SMILES string of the molecule is CN1CCCN(C(=O)CN2CCNCC2)CC1. The minimum absolute atomic E-state index is 0.308. The van der Waals surface area contributed by atoms with E-state index in [4.69, 9.17) is 0 Å². The van der Waals surface area contributed by atoms with E-state index in [0.717, 1.165) is 58.8 Å². The third kappa shape index (κ3) is 3.94. The average Bonchev–Trinajstić information content (AvgIpc) is 2.55. The maximum Gasteiger partial charge on any atom is 0.236 e. The molecule has 5 nitrogen and oxygen atoms in total. The summed E-state index contributed by atoms with van der Waals surface area (Å²) in [6.07, 6.45) is 1.10. The topological polar surface area (TPSA) is 38.8 Å². The minimum Gasteiger partial charge on any atom is -0.340 e. The molecule has 0 spiro atoms. The maximum atomic E-state index is 12.2. The van der Waals surface area contributed by atoms with Crippen LogP contribution in [-0.2, 0) is 4.79 Å². The number of rotatable bonds is 2. The molecule has 17 heavy (non-hydrogen) atoms. The van der Waals surface area contributed by atoms with Crippen molar-refractivity contribution in [2.24, 2.45) is 0 Å². The molecule has 2 heterocycles. The second-order valence-corrected chi connectivity index (χ2v) is 5.06. The fourth-order valence-corrected chi connectivity index (χ4v) is 2.46.